The lowest BCUT2D eigenvalue weighted by atomic mass is 9.82. The van der Waals surface area contributed by atoms with Gasteiger partial charge in [-0.2, -0.15) is 4.31 Å². The minimum atomic E-state index is -3.69. The molecule has 0 heterocycles. The average molecular weight is 551 g/mol. The normalized spacial score (nSPS) is 19.2. The van der Waals surface area contributed by atoms with Crippen molar-refractivity contribution in [2.24, 2.45) is 11.8 Å². The average Bonchev–Trinajstić information content (AvgIpc) is 2.79. The second-order valence-corrected chi connectivity index (χ2v) is 13.0. The Morgan fingerprint density at radius 1 is 1.06 bits per heavy atom. The molecule has 0 saturated heterocycles. The smallest absolute Gasteiger partial charge is 0.308 e. The molecule has 0 bridgehead atoms. The van der Waals surface area contributed by atoms with Crippen LogP contribution in [0.25, 0.3) is 0 Å². The highest BCUT2D eigenvalue weighted by atomic mass is 79.9. The van der Waals surface area contributed by atoms with Crippen LogP contribution >= 0.6 is 15.9 Å². The van der Waals surface area contributed by atoms with Crippen LogP contribution in [-0.4, -0.2) is 31.8 Å². The van der Waals surface area contributed by atoms with Gasteiger partial charge in [0.05, 0.1) is 17.4 Å². The summed E-state index contributed by atoms with van der Waals surface area (Å²) in [6.45, 7) is 9.30. The van der Waals surface area contributed by atoms with E-state index in [2.05, 4.69) is 36.7 Å². The van der Waals surface area contributed by atoms with Gasteiger partial charge in [0.2, 0.25) is 10.0 Å². The van der Waals surface area contributed by atoms with Crippen molar-refractivity contribution in [1.29, 1.82) is 0 Å². The van der Waals surface area contributed by atoms with Crippen LogP contribution in [0.4, 0.5) is 0 Å². The fourth-order valence-electron chi connectivity index (χ4n) is 4.49. The van der Waals surface area contributed by atoms with Gasteiger partial charge in [0.25, 0.3) is 0 Å². The number of hydrogen-bond acceptors (Lipinski definition) is 4. The van der Waals surface area contributed by atoms with Gasteiger partial charge in [-0.05, 0) is 79.3 Å². The molecule has 2 aromatic rings. The van der Waals surface area contributed by atoms with E-state index in [9.17, 15) is 13.2 Å². The molecule has 1 saturated carbocycles. The highest BCUT2D eigenvalue weighted by molar-refractivity contribution is 9.10. The van der Waals surface area contributed by atoms with Crippen LogP contribution in [0.3, 0.4) is 0 Å². The molecule has 0 spiro atoms. The molecular formula is C27H36BrNO4S. The van der Waals surface area contributed by atoms with Crippen molar-refractivity contribution >= 4 is 31.9 Å². The van der Waals surface area contributed by atoms with E-state index >= 15 is 0 Å². The Balaban J connectivity index is 1.81. The summed E-state index contributed by atoms with van der Waals surface area (Å²) >= 11 is 3.49. The zero-order valence-electron chi connectivity index (χ0n) is 20.6. The van der Waals surface area contributed by atoms with Crippen molar-refractivity contribution < 1.29 is 17.9 Å². The van der Waals surface area contributed by atoms with Crippen molar-refractivity contribution in [2.75, 3.05) is 13.2 Å². The summed E-state index contributed by atoms with van der Waals surface area (Å²) < 4.78 is 35.2. The quantitative estimate of drug-likeness (QED) is 0.362. The lowest BCUT2D eigenvalue weighted by molar-refractivity contribution is -0.149. The molecule has 0 unspecified atom stereocenters. The Bertz CT molecular complexity index is 1070. The molecular weight excluding hydrogens is 514 g/mol. The number of benzene rings is 2. The first-order valence-electron chi connectivity index (χ1n) is 12.0. The van der Waals surface area contributed by atoms with Gasteiger partial charge < -0.3 is 4.74 Å². The zero-order valence-corrected chi connectivity index (χ0v) is 23.0. The summed E-state index contributed by atoms with van der Waals surface area (Å²) in [6.07, 6.45) is 3.12. The highest BCUT2D eigenvalue weighted by Gasteiger charge is 2.32. The fraction of sp³-hybridized carbons (Fsp3) is 0.519. The summed E-state index contributed by atoms with van der Waals surface area (Å²) in [6, 6.07) is 15.0. The maximum atomic E-state index is 13.8. The van der Waals surface area contributed by atoms with Gasteiger partial charge in [-0.3, -0.25) is 4.79 Å². The molecule has 1 aliphatic rings. The van der Waals surface area contributed by atoms with Crippen LogP contribution in [-0.2, 0) is 31.5 Å². The summed E-state index contributed by atoms with van der Waals surface area (Å²) in [4.78, 5) is 12.4. The lowest BCUT2D eigenvalue weighted by Gasteiger charge is -2.32. The Kier molecular flexibility index (Phi) is 8.98. The third kappa shape index (κ3) is 6.92. The van der Waals surface area contributed by atoms with Crippen molar-refractivity contribution in [3.8, 4) is 0 Å². The second kappa shape index (κ2) is 11.4. The van der Waals surface area contributed by atoms with Gasteiger partial charge in [0.15, 0.2) is 0 Å². The standard InChI is InChI=1S/C27H36BrNO4S/c1-5-33-26(30)22-11-9-20(10-12-22)18-29(19-21-7-6-8-24(28)17-21)34(31,32)25-15-13-23(14-16-25)27(2,3)4/h6-8,13-17,20,22H,5,9-12,18-19H2,1-4H3. The third-order valence-corrected chi connectivity index (χ3v) is 8.85. The first-order chi connectivity index (χ1) is 16.0. The Morgan fingerprint density at radius 3 is 2.26 bits per heavy atom. The third-order valence-electron chi connectivity index (χ3n) is 6.53. The highest BCUT2D eigenvalue weighted by Crippen LogP contribution is 2.32. The number of carbonyl (C=O) groups is 1. The van der Waals surface area contributed by atoms with E-state index in [0.717, 1.165) is 41.3 Å². The Labute approximate surface area is 213 Å². The molecule has 7 heteroatoms. The van der Waals surface area contributed by atoms with Crippen LogP contribution in [0, 0.1) is 11.8 Å². The summed E-state index contributed by atoms with van der Waals surface area (Å²) in [7, 11) is -3.69. The number of esters is 1. The SMILES string of the molecule is CCOC(=O)C1CCC(CN(Cc2cccc(Br)c2)S(=O)(=O)c2ccc(C(C)(C)C)cc2)CC1. The second-order valence-electron chi connectivity index (χ2n) is 10.2. The van der Waals surface area contributed by atoms with Crippen LogP contribution in [0.2, 0.25) is 0 Å². The van der Waals surface area contributed by atoms with Crippen LogP contribution in [0.1, 0.15) is 64.5 Å². The number of nitrogens with zero attached hydrogens (tertiary/aromatic N) is 1. The van der Waals surface area contributed by atoms with Gasteiger partial charge in [0.1, 0.15) is 0 Å². The van der Waals surface area contributed by atoms with E-state index in [1.54, 1.807) is 16.4 Å². The minimum Gasteiger partial charge on any atom is -0.466 e. The molecule has 1 aliphatic carbocycles. The van der Waals surface area contributed by atoms with Crippen LogP contribution < -0.4 is 0 Å². The molecule has 0 N–H and O–H groups in total. The first-order valence-corrected chi connectivity index (χ1v) is 14.3. The number of ether oxygens (including phenoxy) is 1. The Morgan fingerprint density at radius 2 is 1.71 bits per heavy atom. The van der Waals surface area contributed by atoms with E-state index < -0.39 is 10.0 Å². The molecule has 5 nitrogen and oxygen atoms in total. The van der Waals surface area contributed by atoms with Gasteiger partial charge >= 0.3 is 5.97 Å². The number of halogens is 1. The largest absolute Gasteiger partial charge is 0.466 e. The molecule has 186 valence electrons. The van der Waals surface area contributed by atoms with E-state index in [4.69, 9.17) is 4.74 Å². The molecule has 0 aromatic heterocycles. The predicted octanol–water partition coefficient (Wildman–Crippen LogP) is 6.31. The summed E-state index contributed by atoms with van der Waals surface area (Å²) in [5, 5.41) is 0. The van der Waals surface area contributed by atoms with Crippen molar-refractivity contribution in [3.05, 3.63) is 64.1 Å². The maximum Gasteiger partial charge on any atom is 0.308 e. The predicted molar refractivity (Wildman–Crippen MR) is 139 cm³/mol. The van der Waals surface area contributed by atoms with Crippen molar-refractivity contribution in [3.63, 3.8) is 0 Å². The minimum absolute atomic E-state index is 0.0458. The molecule has 3 rings (SSSR count). The topological polar surface area (TPSA) is 63.7 Å². The number of sulfonamides is 1. The number of rotatable bonds is 8. The maximum absolute atomic E-state index is 13.8. The van der Waals surface area contributed by atoms with Crippen LogP contribution in [0.15, 0.2) is 57.9 Å². The monoisotopic (exact) mass is 549 g/mol. The van der Waals surface area contributed by atoms with Crippen molar-refractivity contribution in [2.45, 2.75) is 70.2 Å². The fourth-order valence-corrected chi connectivity index (χ4v) is 6.44. The Hall–Kier alpha value is -1.70. The lowest BCUT2D eigenvalue weighted by Crippen LogP contribution is -2.37. The van der Waals surface area contributed by atoms with Gasteiger partial charge in [-0.25, -0.2) is 8.42 Å². The molecule has 1 fully saturated rings. The molecule has 0 amide bonds. The van der Waals surface area contributed by atoms with E-state index in [1.165, 1.54) is 0 Å². The molecule has 0 radical (unpaired) electrons. The molecule has 2 aromatic carbocycles. The summed E-state index contributed by atoms with van der Waals surface area (Å²) in [5.41, 5.74) is 1.99. The number of carbonyl (C=O) groups excluding carboxylic acids is 1. The zero-order chi connectivity index (χ0) is 24.9. The van der Waals surface area contributed by atoms with Gasteiger partial charge in [-0.1, -0.05) is 61.0 Å². The molecule has 0 aliphatic heterocycles. The summed E-state index contributed by atoms with van der Waals surface area (Å²) in [5.74, 6) is 0.0104. The molecule has 34 heavy (non-hydrogen) atoms. The van der Waals surface area contributed by atoms with Gasteiger partial charge in [0, 0.05) is 17.6 Å². The van der Waals surface area contributed by atoms with Crippen molar-refractivity contribution in [1.82, 2.24) is 4.31 Å². The van der Waals surface area contributed by atoms with Gasteiger partial charge in [-0.15, -0.1) is 0 Å². The first kappa shape index (κ1) is 26.9. The van der Waals surface area contributed by atoms with E-state index in [0.29, 0.717) is 24.6 Å². The molecule has 0 atom stereocenters. The number of hydrogen-bond donors (Lipinski definition) is 0. The van der Waals surface area contributed by atoms with E-state index in [1.807, 2.05) is 43.3 Å². The van der Waals surface area contributed by atoms with Crippen LogP contribution in [0.5, 0.6) is 0 Å². The van der Waals surface area contributed by atoms with E-state index in [-0.39, 0.29) is 23.2 Å².